The summed E-state index contributed by atoms with van der Waals surface area (Å²) in [6, 6.07) is 13.4. The molecule has 0 spiro atoms. The van der Waals surface area contributed by atoms with Crippen molar-refractivity contribution in [3.63, 3.8) is 0 Å². The quantitative estimate of drug-likeness (QED) is 0.889. The Morgan fingerprint density at radius 1 is 1.21 bits per heavy atom. The predicted octanol–water partition coefficient (Wildman–Crippen LogP) is 2.42. The van der Waals surface area contributed by atoms with Crippen LogP contribution in [-0.2, 0) is 6.54 Å². The highest BCUT2D eigenvalue weighted by Crippen LogP contribution is 2.15. The van der Waals surface area contributed by atoms with E-state index in [2.05, 4.69) is 53.5 Å². The summed E-state index contributed by atoms with van der Waals surface area (Å²) in [5.74, 6) is 0. The minimum atomic E-state index is 0.688. The van der Waals surface area contributed by atoms with Crippen LogP contribution in [-0.4, -0.2) is 35.6 Å². The zero-order valence-corrected chi connectivity index (χ0v) is 11.5. The van der Waals surface area contributed by atoms with E-state index in [0.717, 1.165) is 31.7 Å². The molecular weight excluding hydrogens is 234 g/mol. The fourth-order valence-electron chi connectivity index (χ4n) is 2.61. The molecule has 1 aromatic heterocycles. The Morgan fingerprint density at radius 2 is 2.05 bits per heavy atom. The second-order valence-corrected chi connectivity index (χ2v) is 5.28. The third-order valence-electron chi connectivity index (χ3n) is 3.81. The zero-order chi connectivity index (χ0) is 13.1. The van der Waals surface area contributed by atoms with Gasteiger partial charge in [-0.05, 0) is 25.1 Å². The molecule has 0 atom stereocenters. The Morgan fingerprint density at radius 3 is 2.79 bits per heavy atom. The predicted molar refractivity (Wildman–Crippen MR) is 79.1 cm³/mol. The first-order chi connectivity index (χ1) is 9.36. The van der Waals surface area contributed by atoms with Crippen LogP contribution in [0.25, 0.3) is 10.9 Å². The molecule has 100 valence electrons. The highest BCUT2D eigenvalue weighted by atomic mass is 15.2. The average molecular weight is 255 g/mol. The minimum Gasteiger partial charge on any atom is -0.314 e. The first-order valence-corrected chi connectivity index (χ1v) is 7.16. The maximum atomic E-state index is 4.78. The summed E-state index contributed by atoms with van der Waals surface area (Å²) in [5, 5.41) is 4.57. The van der Waals surface area contributed by atoms with E-state index in [9.17, 15) is 0 Å². The van der Waals surface area contributed by atoms with Gasteiger partial charge in [-0.3, -0.25) is 9.88 Å². The largest absolute Gasteiger partial charge is 0.314 e. The van der Waals surface area contributed by atoms with E-state index in [1.807, 2.05) is 0 Å². The third kappa shape index (κ3) is 2.77. The second kappa shape index (κ2) is 5.68. The van der Waals surface area contributed by atoms with Crippen molar-refractivity contribution in [3.05, 3.63) is 42.1 Å². The summed E-state index contributed by atoms with van der Waals surface area (Å²) in [4.78, 5) is 7.33. The second-order valence-electron chi connectivity index (χ2n) is 5.28. The summed E-state index contributed by atoms with van der Waals surface area (Å²) in [5.41, 5.74) is 2.28. The monoisotopic (exact) mass is 255 g/mol. The molecule has 2 heterocycles. The Labute approximate surface area is 114 Å². The highest BCUT2D eigenvalue weighted by molar-refractivity contribution is 5.78. The molecule has 0 unspecified atom stereocenters. The molecule has 1 aromatic carbocycles. The van der Waals surface area contributed by atoms with Gasteiger partial charge >= 0.3 is 0 Å². The molecule has 0 bridgehead atoms. The van der Waals surface area contributed by atoms with Crippen LogP contribution in [0.5, 0.6) is 0 Å². The van der Waals surface area contributed by atoms with Crippen molar-refractivity contribution in [1.82, 2.24) is 15.2 Å². The summed E-state index contributed by atoms with van der Waals surface area (Å²) in [6.45, 7) is 6.60. The van der Waals surface area contributed by atoms with Crippen molar-refractivity contribution in [2.45, 2.75) is 25.9 Å². The molecule has 0 aliphatic carbocycles. The lowest BCUT2D eigenvalue weighted by Crippen LogP contribution is -2.57. The number of pyridine rings is 1. The minimum absolute atomic E-state index is 0.688. The van der Waals surface area contributed by atoms with Crippen LogP contribution < -0.4 is 5.32 Å². The van der Waals surface area contributed by atoms with Gasteiger partial charge in [0.05, 0.1) is 11.2 Å². The standard InChI is InChI=1S/C16H21N3/c1-2-9-19(15-10-17-11-15)12-14-8-7-13-5-3-4-6-16(13)18-14/h3-8,15,17H,2,9-12H2,1H3. The summed E-state index contributed by atoms with van der Waals surface area (Å²) >= 11 is 0. The molecule has 3 nitrogen and oxygen atoms in total. The van der Waals surface area contributed by atoms with E-state index in [1.54, 1.807) is 0 Å². The molecule has 1 aliphatic heterocycles. The molecule has 1 N–H and O–H groups in total. The molecule has 0 amide bonds. The number of benzene rings is 1. The van der Waals surface area contributed by atoms with Gasteiger partial charge in [0.25, 0.3) is 0 Å². The van der Waals surface area contributed by atoms with Crippen molar-refractivity contribution >= 4 is 10.9 Å². The molecule has 2 aromatic rings. The number of nitrogens with zero attached hydrogens (tertiary/aromatic N) is 2. The van der Waals surface area contributed by atoms with Gasteiger partial charge in [0.1, 0.15) is 0 Å². The van der Waals surface area contributed by atoms with Crippen LogP contribution in [0.3, 0.4) is 0 Å². The zero-order valence-electron chi connectivity index (χ0n) is 11.5. The average Bonchev–Trinajstić information content (AvgIpc) is 2.37. The lowest BCUT2D eigenvalue weighted by Gasteiger charge is -2.38. The number of hydrogen-bond acceptors (Lipinski definition) is 3. The first kappa shape index (κ1) is 12.6. The number of aromatic nitrogens is 1. The van der Waals surface area contributed by atoms with Gasteiger partial charge in [-0.1, -0.05) is 31.2 Å². The van der Waals surface area contributed by atoms with E-state index in [0.29, 0.717) is 6.04 Å². The van der Waals surface area contributed by atoms with Crippen molar-refractivity contribution in [1.29, 1.82) is 0 Å². The summed E-state index contributed by atoms with van der Waals surface area (Å²) in [6.07, 6.45) is 1.20. The van der Waals surface area contributed by atoms with Crippen molar-refractivity contribution in [2.75, 3.05) is 19.6 Å². The highest BCUT2D eigenvalue weighted by Gasteiger charge is 2.24. The number of nitrogens with one attached hydrogen (secondary N) is 1. The Hall–Kier alpha value is -1.45. The van der Waals surface area contributed by atoms with Gasteiger partial charge in [0.15, 0.2) is 0 Å². The molecular formula is C16H21N3. The van der Waals surface area contributed by atoms with Crippen molar-refractivity contribution in [2.24, 2.45) is 0 Å². The lowest BCUT2D eigenvalue weighted by molar-refractivity contribution is 0.136. The topological polar surface area (TPSA) is 28.2 Å². The molecule has 3 rings (SSSR count). The van der Waals surface area contributed by atoms with Crippen LogP contribution >= 0.6 is 0 Å². The van der Waals surface area contributed by atoms with E-state index < -0.39 is 0 Å². The third-order valence-corrected chi connectivity index (χ3v) is 3.81. The fourth-order valence-corrected chi connectivity index (χ4v) is 2.61. The maximum Gasteiger partial charge on any atom is 0.0705 e. The van der Waals surface area contributed by atoms with Crippen molar-refractivity contribution in [3.8, 4) is 0 Å². The Balaban J connectivity index is 1.78. The van der Waals surface area contributed by atoms with Gasteiger partial charge in [0.2, 0.25) is 0 Å². The molecule has 1 saturated heterocycles. The number of para-hydroxylation sites is 1. The van der Waals surface area contributed by atoms with Crippen LogP contribution in [0.15, 0.2) is 36.4 Å². The smallest absolute Gasteiger partial charge is 0.0705 e. The molecule has 3 heteroatoms. The number of hydrogen-bond donors (Lipinski definition) is 1. The van der Waals surface area contributed by atoms with Gasteiger partial charge in [-0.2, -0.15) is 0 Å². The van der Waals surface area contributed by atoms with Crippen LogP contribution in [0.4, 0.5) is 0 Å². The molecule has 1 aliphatic rings. The molecule has 0 saturated carbocycles. The molecule has 0 radical (unpaired) electrons. The maximum absolute atomic E-state index is 4.78. The Bertz CT molecular complexity index is 548. The fraction of sp³-hybridized carbons (Fsp3) is 0.438. The van der Waals surface area contributed by atoms with Gasteiger partial charge in [-0.15, -0.1) is 0 Å². The van der Waals surface area contributed by atoms with E-state index in [-0.39, 0.29) is 0 Å². The van der Waals surface area contributed by atoms with Gasteiger partial charge < -0.3 is 5.32 Å². The van der Waals surface area contributed by atoms with Crippen molar-refractivity contribution < 1.29 is 0 Å². The molecule has 19 heavy (non-hydrogen) atoms. The van der Waals surface area contributed by atoms with Crippen LogP contribution in [0, 0.1) is 0 Å². The number of rotatable bonds is 5. The van der Waals surface area contributed by atoms with Gasteiger partial charge in [-0.25, -0.2) is 0 Å². The van der Waals surface area contributed by atoms with Crippen LogP contribution in [0.1, 0.15) is 19.0 Å². The summed E-state index contributed by atoms with van der Waals surface area (Å²) < 4.78 is 0. The van der Waals surface area contributed by atoms with Gasteiger partial charge in [0, 0.05) is 31.1 Å². The van der Waals surface area contributed by atoms with Crippen LogP contribution in [0.2, 0.25) is 0 Å². The number of fused-ring (bicyclic) bond motifs is 1. The van der Waals surface area contributed by atoms with E-state index >= 15 is 0 Å². The Kier molecular flexibility index (Phi) is 3.76. The lowest BCUT2D eigenvalue weighted by atomic mass is 10.1. The normalized spacial score (nSPS) is 15.9. The summed E-state index contributed by atoms with van der Waals surface area (Å²) in [7, 11) is 0. The SMILES string of the molecule is CCCN(Cc1ccc2ccccc2n1)C1CNC1. The van der Waals surface area contributed by atoms with E-state index in [4.69, 9.17) is 4.98 Å². The van der Waals surface area contributed by atoms with E-state index in [1.165, 1.54) is 17.5 Å². The first-order valence-electron chi connectivity index (χ1n) is 7.16. The molecule has 1 fully saturated rings.